The molecule has 0 fully saturated rings. The molecule has 0 saturated carbocycles. The molecule has 23 heavy (non-hydrogen) atoms. The van der Waals surface area contributed by atoms with E-state index >= 15 is 0 Å². The number of carboxylic acids is 1. The van der Waals surface area contributed by atoms with Crippen LogP contribution in [0.2, 0.25) is 5.15 Å². The SMILES string of the molecule is CCNc1sc(-c2ccc[n+]([O-])c2)nc1Cl.O=C(O)C(F)(F)F. The molecule has 126 valence electrons. The molecule has 0 amide bonds. The standard InChI is InChI=1S/C10H10ClN3OS.C2HF3O2/c1-2-12-10-8(11)13-9(16-10)7-4-3-5-14(15)6-7;3-2(4,5)1(6)7/h3-6,12H,2H2,1H3;(H,6,7). The summed E-state index contributed by atoms with van der Waals surface area (Å²) in [5.41, 5.74) is 0.772. The molecule has 0 aliphatic carbocycles. The summed E-state index contributed by atoms with van der Waals surface area (Å²) in [6.45, 7) is 2.78. The molecular weight excluding hydrogens is 359 g/mol. The van der Waals surface area contributed by atoms with E-state index in [0.717, 1.165) is 26.8 Å². The summed E-state index contributed by atoms with van der Waals surface area (Å²) < 4.78 is 32.5. The number of hydrogen-bond donors (Lipinski definition) is 2. The molecule has 0 aliphatic rings. The first-order chi connectivity index (χ1) is 10.6. The molecule has 0 atom stereocenters. The van der Waals surface area contributed by atoms with E-state index in [9.17, 15) is 18.4 Å². The topological polar surface area (TPSA) is 89.2 Å². The van der Waals surface area contributed by atoms with E-state index in [0.29, 0.717) is 5.15 Å². The molecule has 2 N–H and O–H groups in total. The van der Waals surface area contributed by atoms with Gasteiger partial charge in [-0.2, -0.15) is 17.9 Å². The highest BCUT2D eigenvalue weighted by Gasteiger charge is 2.38. The zero-order valence-corrected chi connectivity index (χ0v) is 13.2. The minimum atomic E-state index is -5.08. The molecule has 2 heterocycles. The summed E-state index contributed by atoms with van der Waals surface area (Å²) in [7, 11) is 0. The van der Waals surface area contributed by atoms with Gasteiger partial charge in [-0.15, -0.1) is 0 Å². The maximum absolute atomic E-state index is 11.1. The molecule has 2 rings (SSSR count). The molecule has 0 saturated heterocycles. The number of aliphatic carboxylic acids is 1. The Hall–Kier alpha value is -2.07. The van der Waals surface area contributed by atoms with E-state index < -0.39 is 12.1 Å². The van der Waals surface area contributed by atoms with Gasteiger partial charge < -0.3 is 15.6 Å². The number of rotatable bonds is 3. The van der Waals surface area contributed by atoms with Crippen LogP contribution in [0.15, 0.2) is 24.5 Å². The molecule has 11 heteroatoms. The lowest BCUT2D eigenvalue weighted by Gasteiger charge is -1.97. The lowest BCUT2D eigenvalue weighted by Crippen LogP contribution is -2.23. The van der Waals surface area contributed by atoms with Crippen LogP contribution in [0.3, 0.4) is 0 Å². The lowest BCUT2D eigenvalue weighted by molar-refractivity contribution is -0.604. The van der Waals surface area contributed by atoms with Crippen LogP contribution in [0.4, 0.5) is 18.2 Å². The number of alkyl halides is 3. The van der Waals surface area contributed by atoms with Gasteiger partial charge in [-0.1, -0.05) is 22.9 Å². The normalized spacial score (nSPS) is 10.7. The van der Waals surface area contributed by atoms with Crippen molar-refractivity contribution in [2.24, 2.45) is 0 Å². The maximum atomic E-state index is 11.1. The van der Waals surface area contributed by atoms with Crippen LogP contribution in [0.5, 0.6) is 0 Å². The van der Waals surface area contributed by atoms with Gasteiger partial charge in [0.1, 0.15) is 10.0 Å². The van der Waals surface area contributed by atoms with Crippen LogP contribution in [-0.4, -0.2) is 28.8 Å². The Balaban J connectivity index is 0.000000322. The molecule has 0 bridgehead atoms. The second-order valence-electron chi connectivity index (χ2n) is 3.92. The summed E-state index contributed by atoms with van der Waals surface area (Å²) in [6, 6.07) is 3.52. The third-order valence-electron chi connectivity index (χ3n) is 2.19. The lowest BCUT2D eigenvalue weighted by atomic mass is 10.3. The highest BCUT2D eigenvalue weighted by atomic mass is 35.5. The first-order valence-electron chi connectivity index (χ1n) is 6.04. The number of carbonyl (C=O) groups is 1. The maximum Gasteiger partial charge on any atom is 0.490 e. The third-order valence-corrected chi connectivity index (χ3v) is 3.64. The smallest absolute Gasteiger partial charge is 0.490 e. The second-order valence-corrected chi connectivity index (χ2v) is 5.28. The number of pyridine rings is 1. The van der Waals surface area contributed by atoms with Crippen molar-refractivity contribution in [2.75, 3.05) is 11.9 Å². The third kappa shape index (κ3) is 5.91. The molecule has 0 aromatic carbocycles. The quantitative estimate of drug-likeness (QED) is 0.640. The summed E-state index contributed by atoms with van der Waals surface area (Å²) in [5, 5.41) is 23.4. The Labute approximate surface area is 137 Å². The largest absolute Gasteiger partial charge is 0.619 e. The van der Waals surface area contributed by atoms with Gasteiger partial charge in [0, 0.05) is 12.6 Å². The predicted octanol–water partition coefficient (Wildman–Crippen LogP) is 3.16. The molecule has 0 aliphatic heterocycles. The van der Waals surface area contributed by atoms with Gasteiger partial charge in [-0.3, -0.25) is 0 Å². The molecule has 0 unspecified atom stereocenters. The molecule has 6 nitrogen and oxygen atoms in total. The van der Waals surface area contributed by atoms with Crippen LogP contribution >= 0.6 is 22.9 Å². The molecular formula is C12H11ClF3N3O3S. The Morgan fingerprint density at radius 2 is 2.17 bits per heavy atom. The molecule has 2 aromatic heterocycles. The summed E-state index contributed by atoms with van der Waals surface area (Å²) in [4.78, 5) is 13.1. The Kier molecular flexibility index (Phi) is 6.58. The fourth-order valence-corrected chi connectivity index (χ4v) is 2.51. The number of nitrogens with one attached hydrogen (secondary N) is 1. The van der Waals surface area contributed by atoms with Gasteiger partial charge in [0.15, 0.2) is 17.5 Å². The number of nitrogens with zero attached hydrogens (tertiary/aromatic N) is 2. The Morgan fingerprint density at radius 1 is 1.57 bits per heavy atom. The zero-order chi connectivity index (χ0) is 17.6. The highest BCUT2D eigenvalue weighted by Crippen LogP contribution is 2.34. The number of carboxylic acid groups (broad SMARTS) is 1. The number of thiazole rings is 1. The van der Waals surface area contributed by atoms with Gasteiger partial charge in [-0.05, 0) is 13.0 Å². The van der Waals surface area contributed by atoms with Crippen molar-refractivity contribution in [2.45, 2.75) is 13.1 Å². The van der Waals surface area contributed by atoms with Crippen LogP contribution in [0, 0.1) is 5.21 Å². The van der Waals surface area contributed by atoms with Gasteiger partial charge in [-0.25, -0.2) is 9.78 Å². The van der Waals surface area contributed by atoms with Crippen molar-refractivity contribution in [1.82, 2.24) is 4.98 Å². The van der Waals surface area contributed by atoms with Gasteiger partial charge >= 0.3 is 12.1 Å². The first kappa shape index (κ1) is 19.0. The van der Waals surface area contributed by atoms with E-state index in [4.69, 9.17) is 21.5 Å². The summed E-state index contributed by atoms with van der Waals surface area (Å²) in [5.74, 6) is -2.76. The van der Waals surface area contributed by atoms with Gasteiger partial charge in [0.05, 0.1) is 5.56 Å². The fraction of sp³-hybridized carbons (Fsp3) is 0.250. The van der Waals surface area contributed by atoms with E-state index in [1.165, 1.54) is 23.7 Å². The zero-order valence-electron chi connectivity index (χ0n) is 11.6. The van der Waals surface area contributed by atoms with E-state index in [1.807, 2.05) is 13.0 Å². The highest BCUT2D eigenvalue weighted by molar-refractivity contribution is 7.19. The average molecular weight is 370 g/mol. The Morgan fingerprint density at radius 3 is 2.65 bits per heavy atom. The minimum absolute atomic E-state index is 0.447. The monoisotopic (exact) mass is 369 g/mol. The van der Waals surface area contributed by atoms with Crippen molar-refractivity contribution in [3.8, 4) is 10.6 Å². The van der Waals surface area contributed by atoms with Crippen LogP contribution in [-0.2, 0) is 4.79 Å². The first-order valence-corrected chi connectivity index (χ1v) is 7.24. The van der Waals surface area contributed by atoms with Crippen molar-refractivity contribution < 1.29 is 27.8 Å². The number of anilines is 1. The van der Waals surface area contributed by atoms with Crippen molar-refractivity contribution in [3.05, 3.63) is 34.9 Å². The average Bonchev–Trinajstić information content (AvgIpc) is 2.80. The second kappa shape index (κ2) is 7.97. The number of hydrogen-bond acceptors (Lipinski definition) is 5. The van der Waals surface area contributed by atoms with Gasteiger partial charge in [0.25, 0.3) is 0 Å². The number of aromatic nitrogens is 2. The van der Waals surface area contributed by atoms with Gasteiger partial charge in [0.2, 0.25) is 0 Å². The van der Waals surface area contributed by atoms with Crippen molar-refractivity contribution in [3.63, 3.8) is 0 Å². The van der Waals surface area contributed by atoms with E-state index in [-0.39, 0.29) is 0 Å². The predicted molar refractivity (Wildman–Crippen MR) is 79.4 cm³/mol. The van der Waals surface area contributed by atoms with E-state index in [1.54, 1.807) is 6.07 Å². The Bertz CT molecular complexity index is 679. The molecule has 0 radical (unpaired) electrons. The van der Waals surface area contributed by atoms with E-state index in [2.05, 4.69) is 10.3 Å². The number of halogens is 4. The summed E-state index contributed by atoms with van der Waals surface area (Å²) in [6.07, 6.45) is -2.17. The molecule has 0 spiro atoms. The van der Waals surface area contributed by atoms with Crippen LogP contribution in [0.1, 0.15) is 6.92 Å². The van der Waals surface area contributed by atoms with Crippen molar-refractivity contribution >= 4 is 33.9 Å². The fourth-order valence-electron chi connectivity index (χ4n) is 1.28. The minimum Gasteiger partial charge on any atom is -0.619 e. The molecule has 2 aromatic rings. The van der Waals surface area contributed by atoms with Crippen LogP contribution < -0.4 is 10.0 Å². The van der Waals surface area contributed by atoms with Crippen molar-refractivity contribution in [1.29, 1.82) is 0 Å². The van der Waals surface area contributed by atoms with Crippen LogP contribution in [0.25, 0.3) is 10.6 Å². The summed E-state index contributed by atoms with van der Waals surface area (Å²) >= 11 is 7.40.